The fourth-order valence-corrected chi connectivity index (χ4v) is 4.57. The Morgan fingerprint density at radius 2 is 1.84 bits per heavy atom. The van der Waals surface area contributed by atoms with Crippen LogP contribution in [-0.4, -0.2) is 54.3 Å². The van der Waals surface area contributed by atoms with Gasteiger partial charge in [0.15, 0.2) is 0 Å². The molecule has 1 aliphatic heterocycles. The minimum absolute atomic E-state index is 0.112. The van der Waals surface area contributed by atoms with Gasteiger partial charge >= 0.3 is 6.18 Å². The van der Waals surface area contributed by atoms with Crippen LogP contribution < -0.4 is 16.4 Å². The van der Waals surface area contributed by atoms with E-state index in [1.807, 2.05) is 12.1 Å². The van der Waals surface area contributed by atoms with Crippen LogP contribution in [0.2, 0.25) is 0 Å². The number of fused-ring (bicyclic) bond motifs is 1. The van der Waals surface area contributed by atoms with Crippen molar-refractivity contribution in [2.45, 2.75) is 56.4 Å². The van der Waals surface area contributed by atoms with Gasteiger partial charge in [0.1, 0.15) is 5.82 Å². The number of piperidine rings is 1. The molecule has 0 spiro atoms. The van der Waals surface area contributed by atoms with Crippen LogP contribution in [0.15, 0.2) is 30.8 Å². The average Bonchev–Trinajstić information content (AvgIpc) is 3.13. The van der Waals surface area contributed by atoms with E-state index in [1.54, 1.807) is 12.1 Å². The molecule has 4 N–H and O–H groups in total. The quantitative estimate of drug-likeness (QED) is 0.643. The summed E-state index contributed by atoms with van der Waals surface area (Å²) < 4.78 is 40.7. The standard InChI is InChI=1S/C23H30F3N5/c1-14(23(24,25)26)22-18-4-3-5-20(28-16-8-10-31(2)11-9-16)19(18)13-21(30-22)29-17-7-6-15(27)12-17/h3-5,13,15-17,28H,1,6-12,27H2,2H3,(H,29,30). The molecule has 2 aromatic rings. The highest BCUT2D eigenvalue weighted by molar-refractivity contribution is 6.01. The molecule has 168 valence electrons. The third kappa shape index (κ3) is 4.96. The van der Waals surface area contributed by atoms with Crippen LogP contribution in [0.4, 0.5) is 24.7 Å². The van der Waals surface area contributed by atoms with Gasteiger partial charge in [-0.2, -0.15) is 13.2 Å². The first-order chi connectivity index (χ1) is 14.7. The first-order valence-electron chi connectivity index (χ1n) is 10.9. The first kappa shape index (κ1) is 21.9. The number of anilines is 2. The number of halogens is 3. The SMILES string of the molecule is C=C(c1nc(NC2CCC(N)C2)cc2c(NC3CCN(C)CC3)cccc12)C(F)(F)F. The maximum absolute atomic E-state index is 13.6. The van der Waals surface area contributed by atoms with Crippen molar-refractivity contribution in [2.75, 3.05) is 30.8 Å². The van der Waals surface area contributed by atoms with E-state index in [-0.39, 0.29) is 23.8 Å². The molecule has 2 fully saturated rings. The predicted molar refractivity (Wildman–Crippen MR) is 120 cm³/mol. The molecule has 1 aromatic carbocycles. The Kier molecular flexibility index (Phi) is 6.12. The van der Waals surface area contributed by atoms with Crippen LogP contribution >= 0.6 is 0 Å². The second-order valence-corrected chi connectivity index (χ2v) is 8.87. The number of nitrogens with two attached hydrogens (primary N) is 1. The summed E-state index contributed by atoms with van der Waals surface area (Å²) in [4.78, 5) is 6.63. The molecular formula is C23H30F3N5. The number of allylic oxidation sites excluding steroid dienone is 1. The van der Waals surface area contributed by atoms with Crippen molar-refractivity contribution in [1.82, 2.24) is 9.88 Å². The summed E-state index contributed by atoms with van der Waals surface area (Å²) in [6.07, 6.45) is -0.00502. The highest BCUT2D eigenvalue weighted by Gasteiger charge is 2.35. The van der Waals surface area contributed by atoms with Gasteiger partial charge in [0, 0.05) is 34.6 Å². The van der Waals surface area contributed by atoms with E-state index in [0.29, 0.717) is 11.2 Å². The van der Waals surface area contributed by atoms with Crippen LogP contribution in [0.1, 0.15) is 37.8 Å². The predicted octanol–water partition coefficient (Wildman–Crippen LogP) is 4.61. The van der Waals surface area contributed by atoms with Crippen molar-refractivity contribution in [1.29, 1.82) is 0 Å². The summed E-state index contributed by atoms with van der Waals surface area (Å²) in [5.41, 5.74) is 5.78. The van der Waals surface area contributed by atoms with E-state index in [9.17, 15) is 13.2 Å². The molecule has 31 heavy (non-hydrogen) atoms. The molecule has 4 rings (SSSR count). The normalized spacial score (nSPS) is 23.3. The molecule has 0 bridgehead atoms. The molecule has 1 aliphatic carbocycles. The lowest BCUT2D eigenvalue weighted by atomic mass is 10.0. The number of nitrogens with one attached hydrogen (secondary N) is 2. The fraction of sp³-hybridized carbons (Fsp3) is 0.522. The van der Waals surface area contributed by atoms with Gasteiger partial charge in [-0.3, -0.25) is 0 Å². The van der Waals surface area contributed by atoms with Gasteiger partial charge in [0.2, 0.25) is 0 Å². The maximum Gasteiger partial charge on any atom is 0.417 e. The smallest absolute Gasteiger partial charge is 0.382 e. The molecule has 2 atom stereocenters. The van der Waals surface area contributed by atoms with Crippen LogP contribution in [0.25, 0.3) is 16.3 Å². The third-order valence-electron chi connectivity index (χ3n) is 6.41. The van der Waals surface area contributed by atoms with Gasteiger partial charge in [0.05, 0.1) is 11.3 Å². The first-order valence-corrected chi connectivity index (χ1v) is 10.9. The lowest BCUT2D eigenvalue weighted by Crippen LogP contribution is -2.36. The molecule has 2 heterocycles. The Labute approximate surface area is 180 Å². The molecular weight excluding hydrogens is 403 g/mol. The molecule has 5 nitrogen and oxygen atoms in total. The van der Waals surface area contributed by atoms with Crippen molar-refractivity contribution in [3.05, 3.63) is 36.5 Å². The Morgan fingerprint density at radius 3 is 2.48 bits per heavy atom. The van der Waals surface area contributed by atoms with Crippen molar-refractivity contribution >= 4 is 27.9 Å². The molecule has 1 saturated heterocycles. The van der Waals surface area contributed by atoms with Crippen LogP contribution in [0.5, 0.6) is 0 Å². The summed E-state index contributed by atoms with van der Waals surface area (Å²) in [6.45, 7) is 5.31. The zero-order valence-corrected chi connectivity index (χ0v) is 17.8. The lowest BCUT2D eigenvalue weighted by molar-refractivity contribution is -0.0688. The highest BCUT2D eigenvalue weighted by Crippen LogP contribution is 2.38. The van der Waals surface area contributed by atoms with E-state index in [0.717, 1.165) is 56.3 Å². The number of likely N-dealkylation sites (tertiary alicyclic amines) is 1. The second kappa shape index (κ2) is 8.67. The highest BCUT2D eigenvalue weighted by atomic mass is 19.4. The van der Waals surface area contributed by atoms with Crippen molar-refractivity contribution in [2.24, 2.45) is 5.73 Å². The molecule has 1 saturated carbocycles. The summed E-state index contributed by atoms with van der Waals surface area (Å²) >= 11 is 0. The monoisotopic (exact) mass is 433 g/mol. The van der Waals surface area contributed by atoms with Gasteiger partial charge < -0.3 is 21.3 Å². The van der Waals surface area contributed by atoms with Crippen molar-refractivity contribution in [3.8, 4) is 0 Å². The van der Waals surface area contributed by atoms with Gasteiger partial charge in [-0.25, -0.2) is 4.98 Å². The third-order valence-corrected chi connectivity index (χ3v) is 6.41. The summed E-state index contributed by atoms with van der Waals surface area (Å²) in [6, 6.07) is 7.75. The second-order valence-electron chi connectivity index (χ2n) is 8.87. The average molecular weight is 434 g/mol. The topological polar surface area (TPSA) is 66.2 Å². The number of hydrogen-bond donors (Lipinski definition) is 3. The zero-order chi connectivity index (χ0) is 22.2. The summed E-state index contributed by atoms with van der Waals surface area (Å²) in [5.74, 6) is 0.435. The van der Waals surface area contributed by atoms with Crippen molar-refractivity contribution < 1.29 is 13.2 Å². The van der Waals surface area contributed by atoms with E-state index in [4.69, 9.17) is 5.73 Å². The Hall–Kier alpha value is -2.32. The van der Waals surface area contributed by atoms with Gasteiger partial charge in [0.25, 0.3) is 0 Å². The van der Waals surface area contributed by atoms with E-state index < -0.39 is 11.7 Å². The summed E-state index contributed by atoms with van der Waals surface area (Å²) in [5, 5.41) is 8.05. The molecule has 1 aromatic heterocycles. The lowest BCUT2D eigenvalue weighted by Gasteiger charge is -2.30. The van der Waals surface area contributed by atoms with Crippen LogP contribution in [-0.2, 0) is 0 Å². The van der Waals surface area contributed by atoms with Crippen LogP contribution in [0.3, 0.4) is 0 Å². The number of alkyl halides is 3. The van der Waals surface area contributed by atoms with E-state index >= 15 is 0 Å². The number of aromatic nitrogens is 1. The summed E-state index contributed by atoms with van der Waals surface area (Å²) in [7, 11) is 2.10. The number of benzene rings is 1. The maximum atomic E-state index is 13.6. The molecule has 0 radical (unpaired) electrons. The minimum atomic E-state index is -4.55. The fourth-order valence-electron chi connectivity index (χ4n) is 4.57. The Bertz CT molecular complexity index is 950. The van der Waals surface area contributed by atoms with E-state index in [2.05, 4.69) is 34.1 Å². The Morgan fingerprint density at radius 1 is 1.10 bits per heavy atom. The molecule has 8 heteroatoms. The van der Waals surface area contributed by atoms with Gasteiger partial charge in [-0.05, 0) is 64.4 Å². The minimum Gasteiger partial charge on any atom is -0.382 e. The van der Waals surface area contributed by atoms with Crippen LogP contribution in [0, 0.1) is 0 Å². The van der Waals surface area contributed by atoms with Gasteiger partial charge in [-0.1, -0.05) is 18.7 Å². The molecule has 2 aliphatic rings. The molecule has 2 unspecified atom stereocenters. The Balaban J connectivity index is 1.73. The van der Waals surface area contributed by atoms with Crippen molar-refractivity contribution in [3.63, 3.8) is 0 Å². The molecule has 0 amide bonds. The number of nitrogens with zero attached hydrogens (tertiary/aromatic N) is 2. The number of rotatable bonds is 5. The van der Waals surface area contributed by atoms with Gasteiger partial charge in [-0.15, -0.1) is 0 Å². The number of hydrogen-bond acceptors (Lipinski definition) is 5. The van der Waals surface area contributed by atoms with E-state index in [1.165, 1.54) is 0 Å². The number of pyridine rings is 1. The largest absolute Gasteiger partial charge is 0.417 e. The zero-order valence-electron chi connectivity index (χ0n) is 17.8.